The van der Waals surface area contributed by atoms with Crippen LogP contribution in [0.4, 0.5) is 5.95 Å². The average molecular weight is 196 g/mol. The van der Waals surface area contributed by atoms with Crippen molar-refractivity contribution in [3.8, 4) is 0 Å². The first-order valence-electron chi connectivity index (χ1n) is 4.55. The van der Waals surface area contributed by atoms with E-state index in [1.54, 1.807) is 14.0 Å². The van der Waals surface area contributed by atoms with Crippen LogP contribution >= 0.6 is 0 Å². The molecule has 0 saturated heterocycles. The van der Waals surface area contributed by atoms with E-state index in [1.165, 1.54) is 0 Å². The Bertz CT molecular complexity index is 302. The van der Waals surface area contributed by atoms with Crippen molar-refractivity contribution in [1.82, 2.24) is 15.0 Å². The molecular formula is C9H16N4O. The molecule has 0 fully saturated rings. The van der Waals surface area contributed by atoms with Gasteiger partial charge in [0.2, 0.25) is 5.95 Å². The fourth-order valence-corrected chi connectivity index (χ4v) is 1.13. The summed E-state index contributed by atoms with van der Waals surface area (Å²) >= 11 is 0. The molecule has 2 N–H and O–H groups in total. The van der Waals surface area contributed by atoms with Crippen LogP contribution in [-0.4, -0.2) is 22.1 Å². The monoisotopic (exact) mass is 196 g/mol. The van der Waals surface area contributed by atoms with E-state index in [0.29, 0.717) is 11.6 Å². The highest BCUT2D eigenvalue weighted by molar-refractivity contribution is 5.18. The van der Waals surface area contributed by atoms with Crippen LogP contribution in [0, 0.1) is 6.92 Å². The van der Waals surface area contributed by atoms with Crippen LogP contribution in [0.2, 0.25) is 0 Å². The van der Waals surface area contributed by atoms with Crippen molar-refractivity contribution in [2.45, 2.75) is 32.8 Å². The molecule has 0 spiro atoms. The zero-order chi connectivity index (χ0) is 10.8. The minimum atomic E-state index is -0.484. The Kier molecular flexibility index (Phi) is 3.00. The molecule has 0 aliphatic rings. The molecule has 5 heteroatoms. The maximum absolute atomic E-state index is 5.55. The molecule has 1 aromatic rings. The molecule has 0 aliphatic carbocycles. The Labute approximate surface area is 83.7 Å². The number of nitrogen functional groups attached to an aromatic ring is 1. The zero-order valence-corrected chi connectivity index (χ0v) is 9.03. The number of nitrogens with two attached hydrogens (primary N) is 1. The Balaban J connectivity index is 3.17. The molecule has 0 amide bonds. The predicted molar refractivity (Wildman–Crippen MR) is 53.6 cm³/mol. The predicted octanol–water partition coefficient (Wildman–Crippen LogP) is 1.03. The maximum atomic E-state index is 5.55. The highest BCUT2D eigenvalue weighted by atomic mass is 16.5. The molecule has 1 heterocycles. The van der Waals surface area contributed by atoms with Crippen LogP contribution in [0.5, 0.6) is 0 Å². The summed E-state index contributed by atoms with van der Waals surface area (Å²) < 4.78 is 5.37. The van der Waals surface area contributed by atoms with Gasteiger partial charge in [0, 0.05) is 7.11 Å². The van der Waals surface area contributed by atoms with Crippen LogP contribution in [0.15, 0.2) is 0 Å². The number of hydrogen-bond acceptors (Lipinski definition) is 5. The first-order valence-corrected chi connectivity index (χ1v) is 4.55. The van der Waals surface area contributed by atoms with Gasteiger partial charge < -0.3 is 10.5 Å². The normalized spacial score (nSPS) is 15.1. The molecule has 1 aromatic heterocycles. The third kappa shape index (κ3) is 1.98. The maximum Gasteiger partial charge on any atom is 0.223 e. The van der Waals surface area contributed by atoms with E-state index >= 15 is 0 Å². The van der Waals surface area contributed by atoms with Crippen molar-refractivity contribution in [3.63, 3.8) is 0 Å². The fourth-order valence-electron chi connectivity index (χ4n) is 1.13. The summed E-state index contributed by atoms with van der Waals surface area (Å²) in [6.07, 6.45) is 0.784. The Hall–Kier alpha value is -1.23. The van der Waals surface area contributed by atoms with Gasteiger partial charge in [-0.2, -0.15) is 9.97 Å². The first-order chi connectivity index (χ1) is 6.51. The highest BCUT2D eigenvalue weighted by Gasteiger charge is 2.28. The smallest absolute Gasteiger partial charge is 0.223 e. The second-order valence-corrected chi connectivity index (χ2v) is 3.35. The molecule has 5 nitrogen and oxygen atoms in total. The SMILES string of the molecule is CCC(C)(OC)c1nc(C)nc(N)n1. The second kappa shape index (κ2) is 3.88. The van der Waals surface area contributed by atoms with E-state index in [0.717, 1.165) is 6.42 Å². The Morgan fingerprint density at radius 2 is 2.00 bits per heavy atom. The minimum Gasteiger partial charge on any atom is -0.371 e. The van der Waals surface area contributed by atoms with Crippen LogP contribution in [0.25, 0.3) is 0 Å². The lowest BCUT2D eigenvalue weighted by molar-refractivity contribution is -0.00917. The summed E-state index contributed by atoms with van der Waals surface area (Å²) in [5.74, 6) is 1.45. The van der Waals surface area contributed by atoms with Crippen LogP contribution < -0.4 is 5.73 Å². The van der Waals surface area contributed by atoms with Gasteiger partial charge in [-0.1, -0.05) is 6.92 Å². The number of aryl methyl sites for hydroxylation is 1. The van der Waals surface area contributed by atoms with Crippen molar-refractivity contribution in [3.05, 3.63) is 11.6 Å². The molecule has 0 radical (unpaired) electrons. The van der Waals surface area contributed by atoms with Gasteiger partial charge >= 0.3 is 0 Å². The molecule has 78 valence electrons. The number of anilines is 1. The van der Waals surface area contributed by atoms with Crippen molar-refractivity contribution < 1.29 is 4.74 Å². The average Bonchev–Trinajstić information content (AvgIpc) is 2.15. The Morgan fingerprint density at radius 1 is 1.36 bits per heavy atom. The lowest BCUT2D eigenvalue weighted by Gasteiger charge is -2.24. The third-order valence-electron chi connectivity index (χ3n) is 2.36. The topological polar surface area (TPSA) is 73.9 Å². The van der Waals surface area contributed by atoms with Gasteiger partial charge in [0.05, 0.1) is 0 Å². The van der Waals surface area contributed by atoms with Crippen molar-refractivity contribution in [2.75, 3.05) is 12.8 Å². The highest BCUT2D eigenvalue weighted by Crippen LogP contribution is 2.24. The summed E-state index contributed by atoms with van der Waals surface area (Å²) in [5.41, 5.74) is 5.06. The summed E-state index contributed by atoms with van der Waals surface area (Å²) in [6.45, 7) is 5.73. The number of rotatable bonds is 3. The summed E-state index contributed by atoms with van der Waals surface area (Å²) in [6, 6.07) is 0. The number of methoxy groups -OCH3 is 1. The van der Waals surface area contributed by atoms with Gasteiger partial charge in [-0.3, -0.25) is 0 Å². The van der Waals surface area contributed by atoms with Gasteiger partial charge in [0.25, 0.3) is 0 Å². The van der Waals surface area contributed by atoms with E-state index in [4.69, 9.17) is 10.5 Å². The molecule has 0 aromatic carbocycles. The lowest BCUT2D eigenvalue weighted by atomic mass is 10.0. The van der Waals surface area contributed by atoms with Crippen LogP contribution in [-0.2, 0) is 10.3 Å². The minimum absolute atomic E-state index is 0.240. The van der Waals surface area contributed by atoms with Gasteiger partial charge in [-0.05, 0) is 20.3 Å². The second-order valence-electron chi connectivity index (χ2n) is 3.35. The van der Waals surface area contributed by atoms with Gasteiger partial charge in [0.15, 0.2) is 5.82 Å². The van der Waals surface area contributed by atoms with Crippen molar-refractivity contribution in [2.24, 2.45) is 0 Å². The standard InChI is InChI=1S/C9H16N4O/c1-5-9(3,14-4)7-11-6(2)12-8(10)13-7/h5H2,1-4H3,(H2,10,11,12,13). The molecular weight excluding hydrogens is 180 g/mol. The van der Waals surface area contributed by atoms with E-state index in [2.05, 4.69) is 15.0 Å². The number of aromatic nitrogens is 3. The van der Waals surface area contributed by atoms with E-state index in [1.807, 2.05) is 13.8 Å². The number of nitrogens with zero attached hydrogens (tertiary/aromatic N) is 3. The lowest BCUT2D eigenvalue weighted by Crippen LogP contribution is -2.27. The molecule has 1 unspecified atom stereocenters. The molecule has 0 aliphatic heterocycles. The number of ether oxygens (including phenoxy) is 1. The third-order valence-corrected chi connectivity index (χ3v) is 2.36. The fraction of sp³-hybridized carbons (Fsp3) is 0.667. The van der Waals surface area contributed by atoms with E-state index in [-0.39, 0.29) is 5.95 Å². The number of hydrogen-bond donors (Lipinski definition) is 1. The Morgan fingerprint density at radius 3 is 2.43 bits per heavy atom. The van der Waals surface area contributed by atoms with E-state index < -0.39 is 5.60 Å². The first kappa shape index (κ1) is 10.8. The largest absolute Gasteiger partial charge is 0.371 e. The quantitative estimate of drug-likeness (QED) is 0.781. The molecule has 0 saturated carbocycles. The molecule has 1 rings (SSSR count). The van der Waals surface area contributed by atoms with E-state index in [9.17, 15) is 0 Å². The zero-order valence-electron chi connectivity index (χ0n) is 9.03. The molecule has 1 atom stereocenters. The summed E-state index contributed by atoms with van der Waals surface area (Å²) in [7, 11) is 1.64. The van der Waals surface area contributed by atoms with Crippen LogP contribution in [0.3, 0.4) is 0 Å². The van der Waals surface area contributed by atoms with Gasteiger partial charge in [-0.15, -0.1) is 0 Å². The van der Waals surface area contributed by atoms with Crippen molar-refractivity contribution in [1.29, 1.82) is 0 Å². The summed E-state index contributed by atoms with van der Waals surface area (Å²) in [4.78, 5) is 12.2. The van der Waals surface area contributed by atoms with Crippen LogP contribution in [0.1, 0.15) is 31.9 Å². The summed E-state index contributed by atoms with van der Waals surface area (Å²) in [5, 5.41) is 0. The molecule has 14 heavy (non-hydrogen) atoms. The van der Waals surface area contributed by atoms with Crippen molar-refractivity contribution >= 4 is 5.95 Å². The molecule has 0 bridgehead atoms. The van der Waals surface area contributed by atoms with Gasteiger partial charge in [-0.25, -0.2) is 4.98 Å². The van der Waals surface area contributed by atoms with Gasteiger partial charge in [0.1, 0.15) is 11.4 Å².